The molecule has 558 valence electrons. The van der Waals surface area contributed by atoms with Gasteiger partial charge >= 0.3 is 38.3 Å². The first-order valence-corrected chi connectivity index (χ1v) is 34.9. The van der Waals surface area contributed by atoms with Gasteiger partial charge in [0.15, 0.2) is 0 Å². The summed E-state index contributed by atoms with van der Waals surface area (Å²) in [6, 6.07) is 7.52. The van der Waals surface area contributed by atoms with Crippen LogP contribution in [0.5, 0.6) is 5.75 Å². The van der Waals surface area contributed by atoms with E-state index in [9.17, 15) is 78.9 Å². The van der Waals surface area contributed by atoms with Crippen LogP contribution in [0.15, 0.2) is 85.1 Å². The number of nitrogens with two attached hydrogens (primary N) is 1. The summed E-state index contributed by atoms with van der Waals surface area (Å²) in [5, 5.41) is 101. The Kier molecular flexibility index (Phi) is 35.5. The first-order chi connectivity index (χ1) is 47.7. The minimum absolute atomic E-state index is 0. The molecule has 2 saturated heterocycles. The number of benzene rings is 3. The molecule has 8 amide bonds. The van der Waals surface area contributed by atoms with Crippen LogP contribution in [-0.4, -0.2) is 268 Å². The van der Waals surface area contributed by atoms with Crippen molar-refractivity contribution >= 4 is 104 Å². The van der Waals surface area contributed by atoms with Gasteiger partial charge in [-0.25, -0.2) is 0 Å². The standard InChI is InChI=1S/C65H90N14O19S2.Lu/c1-38(80)56-64(96)73-51(63(95)75-57(39(2)81)65(97)98)37-100-99-36-50(72-59(91)47(28-40-10-4-3-5-11-40)68-52(83)32-76-20-22-77(33-53(84)85)24-26-79(35-55(88)89)27-25-78(23-21-76)34-54(86)87)62(94)70-48(29-41-15-17-43(82)18-16-41)60(92)71-49(30-42-31-67-45-13-7-6-12-44(42)45)61(93)69-46(58(90)74-56)14-8-9-19-66;/h3-7,10-13,15-18,31,38-39,46-51,56-57,67,80-82H,8-9,14,19-30,32-37,66H2,1-2H3,(H,68,83)(H,69,93)(H,70,94)(H,71,92)(H,72,91)(H,73,96)(H,74,90)(H,75,95)(H,84,85)(H,86,87)(H,88,89)(H,97,98);/q;+3/p-3/t38-,39-,46+,47-,48-,49-,50+,51+,56+,57+;/m1./s1/i;1+2. The van der Waals surface area contributed by atoms with Gasteiger partial charge < -0.3 is 108 Å². The largest absolute Gasteiger partial charge is 3.00 e. The number of nitrogens with zero attached hydrogens (tertiary/aromatic N) is 4. The van der Waals surface area contributed by atoms with E-state index in [0.29, 0.717) is 34.0 Å². The Labute approximate surface area is 621 Å². The number of aliphatic hydroxyl groups is 2. The normalized spacial score (nSPS) is 21.7. The van der Waals surface area contributed by atoms with Crippen molar-refractivity contribution in [3.63, 3.8) is 0 Å². The van der Waals surface area contributed by atoms with Gasteiger partial charge in [-0.05, 0) is 74.5 Å². The summed E-state index contributed by atoms with van der Waals surface area (Å²) in [5.74, 6) is -15.3. The second-order valence-electron chi connectivity index (χ2n) is 24.4. The number of rotatable bonds is 26. The molecule has 2 aliphatic rings. The fraction of sp³-hybridized carbons (Fsp3) is 0.508. The number of H-pyrrole nitrogens is 1. The van der Waals surface area contributed by atoms with Gasteiger partial charge in [-0.15, -0.1) is 0 Å². The maximum absolute atomic E-state index is 15.3. The molecule has 1 aromatic heterocycles. The number of aromatic amines is 1. The quantitative estimate of drug-likeness (QED) is 0.0205. The van der Waals surface area contributed by atoms with Gasteiger partial charge in [0, 0.05) is 120 Å². The number of carbonyl (C=O) groups is 12. The molecule has 0 aliphatic carbocycles. The average molecular weight is 1610 g/mol. The molecule has 0 unspecified atom stereocenters. The molecule has 36 heteroatoms. The zero-order chi connectivity index (χ0) is 73.0. The van der Waals surface area contributed by atoms with Crippen molar-refractivity contribution < 1.29 is 132 Å². The number of hydrogen-bond donors (Lipinski definition) is 13. The number of fused-ring (bicyclic) bond motifs is 1. The van der Waals surface area contributed by atoms with Crippen LogP contribution in [0.3, 0.4) is 0 Å². The van der Waals surface area contributed by atoms with E-state index in [1.54, 1.807) is 65.7 Å². The van der Waals surface area contributed by atoms with Crippen LogP contribution in [0.4, 0.5) is 0 Å². The van der Waals surface area contributed by atoms with E-state index in [1.807, 2.05) is 0 Å². The number of phenolic OH excluding ortho intramolecular Hbond substituents is 1. The number of aliphatic carboxylic acids is 4. The topological polar surface area (TPSA) is 509 Å². The van der Waals surface area contributed by atoms with E-state index < -0.39 is 169 Å². The first kappa shape index (κ1) is 84.0. The van der Waals surface area contributed by atoms with Gasteiger partial charge in [0.1, 0.15) is 48.0 Å². The molecule has 6 rings (SSSR count). The summed E-state index contributed by atoms with van der Waals surface area (Å²) in [6.45, 7) is 0.262. The number of carboxylic acid groups (broad SMARTS) is 4. The molecule has 10 atom stereocenters. The van der Waals surface area contributed by atoms with E-state index in [1.165, 1.54) is 39.0 Å². The number of aromatic hydroxyl groups is 1. The molecular formula is C65H87LuN14O19S2. The van der Waals surface area contributed by atoms with E-state index in [0.717, 1.165) is 35.4 Å². The molecule has 2 aliphatic heterocycles. The van der Waals surface area contributed by atoms with Crippen molar-refractivity contribution in [1.29, 1.82) is 0 Å². The molecule has 14 N–H and O–H groups in total. The minimum atomic E-state index is -2.03. The number of para-hydroxylation sites is 1. The smallest absolute Gasteiger partial charge is 0.549 e. The van der Waals surface area contributed by atoms with E-state index in [-0.39, 0.29) is 135 Å². The average Bonchev–Trinajstić information content (AvgIpc) is 1.60. The summed E-state index contributed by atoms with van der Waals surface area (Å²) in [7, 11) is 1.61. The summed E-state index contributed by atoms with van der Waals surface area (Å²) in [4.78, 5) is 175. The third-order valence-electron chi connectivity index (χ3n) is 16.5. The second kappa shape index (κ2) is 42.7. The Morgan fingerprint density at radius 1 is 0.604 bits per heavy atom. The van der Waals surface area contributed by atoms with Crippen LogP contribution in [0.1, 0.15) is 51.2 Å². The summed E-state index contributed by atoms with van der Waals surface area (Å²) in [6.07, 6.45) is -2.09. The third kappa shape index (κ3) is 28.6. The van der Waals surface area contributed by atoms with Crippen LogP contribution < -0.4 is 68.7 Å². The van der Waals surface area contributed by atoms with Crippen LogP contribution in [0, 0.1) is 36.9 Å². The molecule has 0 spiro atoms. The SMILES string of the molecule is C[C@@H](O)[C@H](NC(=O)[C@@H]1CSSC[C@H](NC(=O)[C@@H](Cc2ccccc2)NC(=O)CN2CCN(CC(=O)[O-])CCN(CC(=O)[O-])CCN(CC(=O)[O-])CC2)C(=O)N[C@H](Cc2ccc(O)cc2)C(=O)N[C@H](Cc2c[nH]c3ccccc23)C(=O)N[C@@H](CCCCN)C(=O)N[C@@H]([C@@H](C)O)C(=O)N1)C(=O)[O-].[177Lu+3].[H+]. The van der Waals surface area contributed by atoms with Crippen molar-refractivity contribution in [2.24, 2.45) is 5.73 Å². The molecule has 0 bridgehead atoms. The van der Waals surface area contributed by atoms with Crippen molar-refractivity contribution in [3.8, 4) is 5.75 Å². The van der Waals surface area contributed by atoms with Crippen LogP contribution in [0.25, 0.3) is 10.9 Å². The molecular weight excluding hydrogens is 1520 g/mol. The Morgan fingerprint density at radius 3 is 1.66 bits per heavy atom. The molecule has 0 radical (unpaired) electrons. The number of unbranched alkanes of at least 4 members (excludes halogenated alkanes) is 1. The fourth-order valence-electron chi connectivity index (χ4n) is 11.1. The maximum atomic E-state index is 15.3. The molecule has 0 saturated carbocycles. The Hall–Kier alpha value is -7.71. The van der Waals surface area contributed by atoms with E-state index >= 15 is 14.4 Å². The number of carboxylic acids is 4. The van der Waals surface area contributed by atoms with Crippen molar-refractivity contribution in [2.45, 2.75) is 113 Å². The number of nitrogens with one attached hydrogen (secondary N) is 9. The van der Waals surface area contributed by atoms with Crippen molar-refractivity contribution in [1.82, 2.24) is 67.1 Å². The molecule has 3 heterocycles. The van der Waals surface area contributed by atoms with Crippen LogP contribution >= 0.6 is 21.6 Å². The third-order valence-corrected chi connectivity index (χ3v) is 18.9. The van der Waals surface area contributed by atoms with Gasteiger partial charge in [-0.1, -0.05) is 82.3 Å². The van der Waals surface area contributed by atoms with Crippen molar-refractivity contribution in [2.75, 3.05) is 96.6 Å². The minimum Gasteiger partial charge on any atom is -0.549 e. The van der Waals surface area contributed by atoms with Gasteiger partial charge in [0.05, 0.1) is 48.7 Å². The van der Waals surface area contributed by atoms with Gasteiger partial charge in [-0.3, -0.25) is 58.0 Å². The Morgan fingerprint density at radius 2 is 1.12 bits per heavy atom. The van der Waals surface area contributed by atoms with Gasteiger partial charge in [0.25, 0.3) is 0 Å². The maximum Gasteiger partial charge on any atom is 3.00 e. The van der Waals surface area contributed by atoms with E-state index in [2.05, 4.69) is 47.5 Å². The van der Waals surface area contributed by atoms with E-state index in [4.69, 9.17) is 5.73 Å². The van der Waals surface area contributed by atoms with Crippen LogP contribution in [0.2, 0.25) is 0 Å². The number of hydrogen-bond acceptors (Lipinski definition) is 26. The monoisotopic (exact) mass is 1610 g/mol. The zero-order valence-electron chi connectivity index (χ0n) is 56.5. The predicted octanol–water partition coefficient (Wildman–Crippen LogP) is -8.60. The first-order valence-electron chi connectivity index (χ1n) is 32.5. The molecule has 4 aromatic rings. The number of aromatic nitrogens is 1. The molecule has 101 heavy (non-hydrogen) atoms. The number of amides is 8. The molecule has 2 fully saturated rings. The zero-order valence-corrected chi connectivity index (χ0v) is 58.8. The molecule has 33 nitrogen and oxygen atoms in total. The fourth-order valence-corrected chi connectivity index (χ4v) is 13.4. The predicted molar refractivity (Wildman–Crippen MR) is 357 cm³/mol. The number of aliphatic hydroxyl groups excluding tert-OH is 2. The van der Waals surface area contributed by atoms with Gasteiger partial charge in [-0.2, -0.15) is 0 Å². The van der Waals surface area contributed by atoms with Crippen molar-refractivity contribution in [3.05, 3.63) is 102 Å². The van der Waals surface area contributed by atoms with Crippen LogP contribution in [-0.2, 0) is 76.8 Å². The summed E-state index contributed by atoms with van der Waals surface area (Å²) >= 11 is 0. The molecule has 3 aromatic carbocycles. The summed E-state index contributed by atoms with van der Waals surface area (Å²) in [5.41, 5.74) is 7.91. The second-order valence-corrected chi connectivity index (χ2v) is 26.9. The van der Waals surface area contributed by atoms with Gasteiger partial charge in [0.2, 0.25) is 47.3 Å². The number of carbonyl (C=O) groups excluding carboxylic acids is 12. The Balaban J connectivity index is 0.0000110. The summed E-state index contributed by atoms with van der Waals surface area (Å²) < 4.78 is 0. The Bertz CT molecular complexity index is 3430. The number of phenols is 1.